The van der Waals surface area contributed by atoms with Gasteiger partial charge < -0.3 is 24.8 Å². The lowest BCUT2D eigenvalue weighted by Crippen LogP contribution is -2.52. The van der Waals surface area contributed by atoms with Gasteiger partial charge in [-0.1, -0.05) is 0 Å². The van der Waals surface area contributed by atoms with Gasteiger partial charge in [0.2, 0.25) is 0 Å². The molecule has 1 aromatic carbocycles. The molecule has 3 unspecified atom stereocenters. The van der Waals surface area contributed by atoms with Crippen molar-refractivity contribution in [1.82, 2.24) is 20.4 Å². The molecule has 8 nitrogen and oxygen atoms in total. The number of benzene rings is 1. The number of morpholine rings is 1. The third-order valence-electron chi connectivity index (χ3n) is 6.61. The maximum Gasteiger partial charge on any atom is 0.191 e. The van der Waals surface area contributed by atoms with Crippen molar-refractivity contribution in [2.24, 2.45) is 4.99 Å². The van der Waals surface area contributed by atoms with Crippen LogP contribution in [0.2, 0.25) is 0 Å². The minimum atomic E-state index is 0. The van der Waals surface area contributed by atoms with Crippen molar-refractivity contribution < 1.29 is 14.2 Å². The van der Waals surface area contributed by atoms with E-state index in [0.717, 1.165) is 63.2 Å². The van der Waals surface area contributed by atoms with Crippen LogP contribution in [-0.4, -0.2) is 94.5 Å². The number of methoxy groups -OCH3 is 2. The first-order chi connectivity index (χ1) is 15.2. The topological polar surface area (TPSA) is 70.6 Å². The summed E-state index contributed by atoms with van der Waals surface area (Å²) in [7, 11) is 5.21. The Morgan fingerprint density at radius 1 is 1.12 bits per heavy atom. The summed E-state index contributed by atoms with van der Waals surface area (Å²) in [6.07, 6.45) is 3.91. The Morgan fingerprint density at radius 2 is 1.91 bits per heavy atom. The number of hydrogen-bond donors (Lipinski definition) is 2. The van der Waals surface area contributed by atoms with Crippen LogP contribution in [0.4, 0.5) is 0 Å². The average Bonchev–Trinajstić information content (AvgIpc) is 3.45. The number of nitrogens with zero attached hydrogens (tertiary/aromatic N) is 3. The standard InChI is InChI=1S/C23H37N5O3.HI/c1-24-23(25-12-22-15-28-7-4-5-19(28)16-31-22)26-18-6-8-27(14-18)13-17-9-20(29-2)11-21(10-17)30-3;/h9-11,18-19,22H,4-8,12-16H2,1-3H3,(H2,24,25,26);1H. The SMILES string of the molecule is CN=C(NCC1CN2CCCC2CO1)NC1CCN(Cc2cc(OC)cc(OC)c2)C1.I. The first-order valence-electron chi connectivity index (χ1n) is 11.4. The maximum absolute atomic E-state index is 6.06. The number of ether oxygens (including phenoxy) is 3. The van der Waals surface area contributed by atoms with Gasteiger partial charge in [-0.05, 0) is 43.5 Å². The van der Waals surface area contributed by atoms with E-state index in [1.54, 1.807) is 14.2 Å². The van der Waals surface area contributed by atoms with Crippen molar-refractivity contribution in [3.8, 4) is 11.5 Å². The van der Waals surface area contributed by atoms with Crippen molar-refractivity contribution >= 4 is 29.9 Å². The number of guanidine groups is 1. The highest BCUT2D eigenvalue weighted by molar-refractivity contribution is 14.0. The zero-order valence-electron chi connectivity index (χ0n) is 19.5. The molecule has 3 aliphatic heterocycles. The van der Waals surface area contributed by atoms with Gasteiger partial charge in [-0.2, -0.15) is 0 Å². The summed E-state index contributed by atoms with van der Waals surface area (Å²) in [5.41, 5.74) is 1.20. The second-order valence-electron chi connectivity index (χ2n) is 8.79. The summed E-state index contributed by atoms with van der Waals surface area (Å²) in [5.74, 6) is 2.53. The Bertz CT molecular complexity index is 743. The fourth-order valence-corrected chi connectivity index (χ4v) is 4.92. The number of hydrogen-bond acceptors (Lipinski definition) is 6. The zero-order chi connectivity index (χ0) is 21.6. The van der Waals surface area contributed by atoms with Crippen LogP contribution in [0.15, 0.2) is 23.2 Å². The Kier molecular flexibility index (Phi) is 9.69. The molecule has 3 heterocycles. The summed E-state index contributed by atoms with van der Waals surface area (Å²) < 4.78 is 16.9. The molecule has 0 radical (unpaired) electrons. The third-order valence-corrected chi connectivity index (χ3v) is 6.61. The Hall–Kier alpha value is -1.30. The molecule has 0 aromatic heterocycles. The van der Waals surface area contributed by atoms with E-state index in [-0.39, 0.29) is 30.1 Å². The summed E-state index contributed by atoms with van der Waals surface area (Å²) >= 11 is 0. The number of fused-ring (bicyclic) bond motifs is 1. The first kappa shape index (κ1) is 25.3. The molecule has 3 atom stereocenters. The van der Waals surface area contributed by atoms with Crippen molar-refractivity contribution in [1.29, 1.82) is 0 Å². The molecule has 32 heavy (non-hydrogen) atoms. The molecule has 3 saturated heterocycles. The number of rotatable bonds is 7. The van der Waals surface area contributed by atoms with Gasteiger partial charge in [0.1, 0.15) is 11.5 Å². The number of aliphatic imine (C=N–C) groups is 1. The van der Waals surface area contributed by atoms with Gasteiger partial charge in [0, 0.05) is 57.9 Å². The van der Waals surface area contributed by atoms with E-state index in [9.17, 15) is 0 Å². The molecule has 0 spiro atoms. The van der Waals surface area contributed by atoms with Gasteiger partial charge in [-0.3, -0.25) is 14.8 Å². The summed E-state index contributed by atoms with van der Waals surface area (Å²) in [6.45, 7) is 6.81. The van der Waals surface area contributed by atoms with Gasteiger partial charge in [0.25, 0.3) is 0 Å². The van der Waals surface area contributed by atoms with E-state index >= 15 is 0 Å². The summed E-state index contributed by atoms with van der Waals surface area (Å²) in [4.78, 5) is 9.46. The predicted molar refractivity (Wildman–Crippen MR) is 137 cm³/mol. The van der Waals surface area contributed by atoms with Crippen LogP contribution in [0.3, 0.4) is 0 Å². The van der Waals surface area contributed by atoms with Crippen LogP contribution in [0, 0.1) is 0 Å². The van der Waals surface area contributed by atoms with Gasteiger partial charge in [0.05, 0.1) is 26.9 Å². The maximum atomic E-state index is 6.06. The minimum absolute atomic E-state index is 0. The number of halogens is 1. The lowest BCUT2D eigenvalue weighted by Gasteiger charge is -2.35. The van der Waals surface area contributed by atoms with Gasteiger partial charge in [-0.25, -0.2) is 0 Å². The van der Waals surface area contributed by atoms with E-state index in [2.05, 4.69) is 37.6 Å². The Balaban J connectivity index is 0.00000289. The van der Waals surface area contributed by atoms with Crippen LogP contribution >= 0.6 is 24.0 Å². The van der Waals surface area contributed by atoms with E-state index in [1.807, 2.05) is 13.1 Å². The quantitative estimate of drug-likeness (QED) is 0.301. The van der Waals surface area contributed by atoms with Crippen LogP contribution in [0.5, 0.6) is 11.5 Å². The second-order valence-corrected chi connectivity index (χ2v) is 8.79. The lowest BCUT2D eigenvalue weighted by atomic mass is 10.2. The molecular formula is C23H38IN5O3. The Labute approximate surface area is 209 Å². The number of likely N-dealkylation sites (tertiary alicyclic amines) is 1. The molecule has 0 amide bonds. The molecule has 9 heteroatoms. The largest absolute Gasteiger partial charge is 0.497 e. The molecule has 3 fully saturated rings. The second kappa shape index (κ2) is 12.2. The molecule has 0 saturated carbocycles. The molecule has 1 aromatic rings. The van der Waals surface area contributed by atoms with E-state index in [4.69, 9.17) is 14.2 Å². The van der Waals surface area contributed by atoms with E-state index in [1.165, 1.54) is 24.9 Å². The monoisotopic (exact) mass is 559 g/mol. The molecule has 4 rings (SSSR count). The lowest BCUT2D eigenvalue weighted by molar-refractivity contribution is -0.0453. The first-order valence-corrected chi connectivity index (χ1v) is 11.4. The predicted octanol–water partition coefficient (Wildman–Crippen LogP) is 1.92. The molecule has 2 N–H and O–H groups in total. The normalized spacial score (nSPS) is 26.3. The summed E-state index contributed by atoms with van der Waals surface area (Å²) in [5, 5.41) is 7.07. The highest BCUT2D eigenvalue weighted by atomic mass is 127. The Morgan fingerprint density at radius 3 is 2.62 bits per heavy atom. The molecule has 0 bridgehead atoms. The van der Waals surface area contributed by atoms with Gasteiger partial charge in [-0.15, -0.1) is 24.0 Å². The fourth-order valence-electron chi connectivity index (χ4n) is 4.92. The number of nitrogens with one attached hydrogen (secondary N) is 2. The smallest absolute Gasteiger partial charge is 0.191 e. The van der Waals surface area contributed by atoms with Crippen molar-refractivity contribution in [2.75, 3.05) is 60.6 Å². The van der Waals surface area contributed by atoms with Gasteiger partial charge >= 0.3 is 0 Å². The molecular weight excluding hydrogens is 521 g/mol. The summed E-state index contributed by atoms with van der Waals surface area (Å²) in [6, 6.07) is 7.10. The van der Waals surface area contributed by atoms with E-state index in [0.29, 0.717) is 12.1 Å². The third kappa shape index (κ3) is 6.61. The van der Waals surface area contributed by atoms with Crippen LogP contribution in [0.1, 0.15) is 24.8 Å². The fraction of sp³-hybridized carbons (Fsp3) is 0.696. The van der Waals surface area contributed by atoms with Crippen molar-refractivity contribution in [2.45, 2.75) is 44.0 Å². The van der Waals surface area contributed by atoms with Crippen molar-refractivity contribution in [3.05, 3.63) is 23.8 Å². The van der Waals surface area contributed by atoms with Crippen LogP contribution in [0.25, 0.3) is 0 Å². The highest BCUT2D eigenvalue weighted by Crippen LogP contribution is 2.25. The van der Waals surface area contributed by atoms with E-state index < -0.39 is 0 Å². The highest BCUT2D eigenvalue weighted by Gasteiger charge is 2.32. The molecule has 0 aliphatic carbocycles. The van der Waals surface area contributed by atoms with Crippen molar-refractivity contribution in [3.63, 3.8) is 0 Å². The molecule has 180 valence electrons. The zero-order valence-corrected chi connectivity index (χ0v) is 21.8. The van der Waals surface area contributed by atoms with Gasteiger partial charge in [0.15, 0.2) is 5.96 Å². The average molecular weight is 559 g/mol. The molecule has 3 aliphatic rings. The van der Waals surface area contributed by atoms with Crippen LogP contribution in [-0.2, 0) is 11.3 Å². The minimum Gasteiger partial charge on any atom is -0.497 e. The van der Waals surface area contributed by atoms with Crippen LogP contribution < -0.4 is 20.1 Å².